The molecule has 0 spiro atoms. The Morgan fingerprint density at radius 2 is 1.29 bits per heavy atom. The third-order valence-corrected chi connectivity index (χ3v) is 11.8. The van der Waals surface area contributed by atoms with Crippen LogP contribution in [0.15, 0.2) is 103 Å². The van der Waals surface area contributed by atoms with Gasteiger partial charge in [-0.1, -0.05) is 89.9 Å². The Labute approximate surface area is 376 Å². The van der Waals surface area contributed by atoms with Gasteiger partial charge >= 0.3 is 23.6 Å². The van der Waals surface area contributed by atoms with Crippen molar-refractivity contribution in [1.29, 1.82) is 0 Å². The molecule has 326 valence electrons. The number of methoxy groups -OCH3 is 3. The zero-order valence-electron chi connectivity index (χ0n) is 33.2. The number of fused-ring (bicyclic) bond motifs is 2. The number of ether oxygens (including phenoxy) is 5. The molecule has 0 unspecified atom stereocenters. The molecule has 2 heterocycles. The van der Waals surface area contributed by atoms with E-state index in [9.17, 15) is 34.7 Å². The van der Waals surface area contributed by atoms with E-state index in [0.717, 1.165) is 38.9 Å². The number of carboxylic acids is 2. The number of nitrogens with zero attached hydrogens (tertiary/aromatic N) is 1. The number of benzene rings is 5. The summed E-state index contributed by atoms with van der Waals surface area (Å²) in [6.07, 6.45) is 2.60. The van der Waals surface area contributed by atoms with Crippen molar-refractivity contribution in [3.63, 3.8) is 0 Å². The van der Waals surface area contributed by atoms with Gasteiger partial charge in [-0.15, -0.1) is 22.7 Å². The average molecular weight is 937 g/mol. The summed E-state index contributed by atoms with van der Waals surface area (Å²) in [6.45, 7) is 0.831. The van der Waals surface area contributed by atoms with Gasteiger partial charge in [0.1, 0.15) is 23.0 Å². The molecule has 0 radical (unpaired) electrons. The number of aromatic hydroxyl groups is 2. The summed E-state index contributed by atoms with van der Waals surface area (Å²) >= 11 is 14.0. The summed E-state index contributed by atoms with van der Waals surface area (Å²) in [7, 11) is 4.47. The van der Waals surface area contributed by atoms with Crippen molar-refractivity contribution >= 4 is 95.7 Å². The topological polar surface area (TPSA) is 221 Å². The monoisotopic (exact) mass is 935 g/mol. The number of carbonyl (C=O) groups is 3. The minimum absolute atomic E-state index is 0.111. The van der Waals surface area contributed by atoms with Crippen molar-refractivity contribution in [2.45, 2.75) is 13.2 Å². The summed E-state index contributed by atoms with van der Waals surface area (Å²) in [6, 6.07) is 29.5. The van der Waals surface area contributed by atoms with Gasteiger partial charge < -0.3 is 44.1 Å². The van der Waals surface area contributed by atoms with Crippen molar-refractivity contribution in [2.24, 2.45) is 0 Å². The molecular weight excluding hydrogens is 902 g/mol. The van der Waals surface area contributed by atoms with E-state index in [2.05, 4.69) is 0 Å². The molecule has 19 heteroatoms. The lowest BCUT2D eigenvalue weighted by molar-refractivity contribution is -0.384. The van der Waals surface area contributed by atoms with Crippen LogP contribution >= 0.6 is 45.9 Å². The predicted octanol–water partition coefficient (Wildman–Crippen LogP) is 10.9. The molecular formula is C44H35Cl2NO14S2. The maximum absolute atomic E-state index is 11.8. The first-order valence-corrected chi connectivity index (χ1v) is 20.4. The number of halogens is 2. The van der Waals surface area contributed by atoms with Crippen LogP contribution in [0.3, 0.4) is 0 Å². The Hall–Kier alpha value is -7.05. The molecule has 0 saturated heterocycles. The molecule has 7 rings (SSSR count). The van der Waals surface area contributed by atoms with Crippen LogP contribution in [0.1, 0.15) is 36.0 Å². The molecule has 0 amide bonds. The maximum atomic E-state index is 11.8. The molecule has 0 bridgehead atoms. The van der Waals surface area contributed by atoms with Crippen LogP contribution in [0.25, 0.3) is 26.2 Å². The number of thiophene rings is 2. The van der Waals surface area contributed by atoms with Crippen LogP contribution in [-0.2, 0) is 22.7 Å². The van der Waals surface area contributed by atoms with Crippen LogP contribution in [0.4, 0.5) is 5.69 Å². The highest BCUT2D eigenvalue weighted by Gasteiger charge is 2.29. The highest BCUT2D eigenvalue weighted by atomic mass is 35.5. The number of phenols is 2. The van der Waals surface area contributed by atoms with Gasteiger partial charge in [-0.2, -0.15) is 0 Å². The number of nitro benzene ring substituents is 1. The second kappa shape index (κ2) is 21.7. The number of carboxylic acid groups (broad SMARTS) is 2. The molecule has 15 nitrogen and oxygen atoms in total. The van der Waals surface area contributed by atoms with Gasteiger partial charge in [0, 0.05) is 33.0 Å². The van der Waals surface area contributed by atoms with E-state index >= 15 is 0 Å². The summed E-state index contributed by atoms with van der Waals surface area (Å²) in [5, 5.41) is 47.8. The first-order chi connectivity index (χ1) is 30.2. The third-order valence-electron chi connectivity index (χ3n) is 8.59. The zero-order chi connectivity index (χ0) is 45.8. The Balaban J connectivity index is 0.000000180. The van der Waals surface area contributed by atoms with E-state index in [1.807, 2.05) is 66.7 Å². The summed E-state index contributed by atoms with van der Waals surface area (Å²) in [5.41, 5.74) is 2.03. The molecule has 2 aromatic heterocycles. The molecule has 0 saturated carbocycles. The molecule has 63 heavy (non-hydrogen) atoms. The van der Waals surface area contributed by atoms with Gasteiger partial charge in [0.25, 0.3) is 0 Å². The van der Waals surface area contributed by atoms with Crippen molar-refractivity contribution < 1.29 is 63.4 Å². The molecule has 5 aromatic carbocycles. The fourth-order valence-corrected chi connectivity index (χ4v) is 8.46. The number of esters is 1. The van der Waals surface area contributed by atoms with E-state index in [1.165, 1.54) is 24.5 Å². The molecule has 7 aromatic rings. The van der Waals surface area contributed by atoms with E-state index in [-0.39, 0.29) is 20.0 Å². The molecule has 0 aliphatic rings. The summed E-state index contributed by atoms with van der Waals surface area (Å²) < 4.78 is 28.0. The van der Waals surface area contributed by atoms with Crippen molar-refractivity contribution in [1.82, 2.24) is 0 Å². The van der Waals surface area contributed by atoms with Crippen LogP contribution < -0.4 is 18.9 Å². The molecule has 0 aliphatic heterocycles. The quantitative estimate of drug-likeness (QED) is 0.0278. The number of hydrogen-bond acceptors (Lipinski definition) is 14. The van der Waals surface area contributed by atoms with Crippen LogP contribution in [0, 0.1) is 10.1 Å². The second-order valence-electron chi connectivity index (χ2n) is 12.6. The smallest absolute Gasteiger partial charge is 0.349 e. The first-order valence-electron chi connectivity index (χ1n) is 18.0. The fraction of sp³-hybridized carbons (Fsp3) is 0.114. The largest absolute Gasteiger partial charge is 0.504 e. The Morgan fingerprint density at radius 3 is 1.81 bits per heavy atom. The molecule has 4 N–H and O–H groups in total. The lowest BCUT2D eigenvalue weighted by Crippen LogP contribution is -1.98. The minimum atomic E-state index is -1.34. The number of aliphatic carboxylic acids is 1. The first kappa shape index (κ1) is 47.0. The van der Waals surface area contributed by atoms with E-state index < -0.39 is 40.0 Å². The standard InChI is InChI=1S/C18H15ClO4S.C17H16O4.C9H4ClNO6S/c1-21-13-9-15-12(16(19)17(24-15)18(20)22-2)8-14(13)23-10-11-6-4-3-5-7-11;1-20-15-9-7-13(8-10-17(18)19)11-16(15)21-12-14-5-3-2-4-6-14;10-5-4-3(18-8(5)9(14)15)1-2(12)7(13)6(4)11(16)17/h3-9H,10H2,1-2H3;2-11H,12H2,1H3,(H,18,19);1,12-13H,(H,14,15). The van der Waals surface area contributed by atoms with E-state index in [0.29, 0.717) is 57.4 Å². The van der Waals surface area contributed by atoms with Gasteiger partial charge in [-0.25, -0.2) is 14.4 Å². The molecule has 0 aliphatic carbocycles. The predicted molar refractivity (Wildman–Crippen MR) is 240 cm³/mol. The Bertz CT molecular complexity index is 2810. The van der Waals surface area contributed by atoms with Gasteiger partial charge in [0.05, 0.1) is 41.7 Å². The Morgan fingerprint density at radius 1 is 0.714 bits per heavy atom. The minimum Gasteiger partial charge on any atom is -0.504 e. The van der Waals surface area contributed by atoms with Crippen molar-refractivity contribution in [3.8, 4) is 34.5 Å². The number of rotatable bonds is 13. The summed E-state index contributed by atoms with van der Waals surface area (Å²) in [4.78, 5) is 43.2. The van der Waals surface area contributed by atoms with Crippen LogP contribution in [0.2, 0.25) is 10.0 Å². The second-order valence-corrected chi connectivity index (χ2v) is 15.5. The fourth-order valence-electron chi connectivity index (χ4n) is 5.62. The van der Waals surface area contributed by atoms with E-state index in [1.54, 1.807) is 38.5 Å². The van der Waals surface area contributed by atoms with Crippen LogP contribution in [0.5, 0.6) is 34.5 Å². The van der Waals surface area contributed by atoms with Crippen LogP contribution in [-0.4, -0.2) is 64.6 Å². The van der Waals surface area contributed by atoms with Gasteiger partial charge in [-0.05, 0) is 41.0 Å². The van der Waals surface area contributed by atoms with Gasteiger partial charge in [0.15, 0.2) is 28.7 Å². The number of nitro groups is 1. The molecule has 0 atom stereocenters. The maximum Gasteiger partial charge on any atom is 0.349 e. The SMILES string of the molecule is COC(=O)c1sc2cc(OC)c(OCc3ccccc3)cc2c1Cl.COc1ccc(C=CC(=O)O)cc1OCc1ccccc1.O=C(O)c1sc2cc(O)c(O)c([N+](=O)[O-])c2c1Cl. The van der Waals surface area contributed by atoms with Gasteiger partial charge in [-0.3, -0.25) is 10.1 Å². The van der Waals surface area contributed by atoms with Gasteiger partial charge in [0.2, 0.25) is 5.75 Å². The van der Waals surface area contributed by atoms with Crippen molar-refractivity contribution in [2.75, 3.05) is 21.3 Å². The number of aromatic carboxylic acids is 1. The lowest BCUT2D eigenvalue weighted by Gasteiger charge is -2.11. The number of carbonyl (C=O) groups excluding carboxylic acids is 1. The molecule has 0 fully saturated rings. The normalized spacial score (nSPS) is 10.6. The average Bonchev–Trinajstić information content (AvgIpc) is 3.79. The van der Waals surface area contributed by atoms with Crippen molar-refractivity contribution in [3.05, 3.63) is 150 Å². The highest BCUT2D eigenvalue weighted by Crippen LogP contribution is 2.48. The van der Waals surface area contributed by atoms with E-state index in [4.69, 9.17) is 57.1 Å². The Kier molecular flexibility index (Phi) is 16.2. The zero-order valence-corrected chi connectivity index (χ0v) is 36.3. The number of phenolic OH excluding ortho intramolecular Hbond substituents is 2. The highest BCUT2D eigenvalue weighted by molar-refractivity contribution is 7.22. The third kappa shape index (κ3) is 11.7. The summed E-state index contributed by atoms with van der Waals surface area (Å²) in [5.74, 6) is -2.07. The lowest BCUT2D eigenvalue weighted by atomic mass is 10.2. The number of hydrogen-bond donors (Lipinski definition) is 4.